The summed E-state index contributed by atoms with van der Waals surface area (Å²) in [6.45, 7) is 4.52. The Kier molecular flexibility index (Phi) is 6.04. The zero-order valence-electron chi connectivity index (χ0n) is 13.6. The molecule has 0 unspecified atom stereocenters. The number of nitrogens with one attached hydrogen (secondary N) is 1. The molecule has 0 spiro atoms. The molecule has 1 aliphatic rings. The van der Waals surface area contributed by atoms with Crippen molar-refractivity contribution in [2.45, 2.75) is 44.9 Å². The van der Waals surface area contributed by atoms with Crippen molar-refractivity contribution in [1.82, 2.24) is 14.8 Å². The molecule has 24 heavy (non-hydrogen) atoms. The molecular formula is C16H22F3N3O2. The van der Waals surface area contributed by atoms with Gasteiger partial charge in [-0.1, -0.05) is 6.92 Å². The van der Waals surface area contributed by atoms with Crippen LogP contribution in [0.25, 0.3) is 0 Å². The van der Waals surface area contributed by atoms with Crippen LogP contribution in [0.2, 0.25) is 0 Å². The smallest absolute Gasteiger partial charge is 0.352 e. The maximum atomic E-state index is 12.7. The lowest BCUT2D eigenvalue weighted by atomic mass is 10.0. The molecule has 0 radical (unpaired) electrons. The quantitative estimate of drug-likeness (QED) is 0.886. The van der Waals surface area contributed by atoms with E-state index in [1.165, 1.54) is 6.20 Å². The number of piperidine rings is 1. The standard InChI is InChI=1S/C16H22F3N3O2/c1-2-7-21-9-5-12(6-10-21)20-14(23)11-22-8-3-4-13(15(22)24)16(17,18)19/h3-4,8,12H,2,5-7,9-11H2,1H3,(H,20,23). The summed E-state index contributed by atoms with van der Waals surface area (Å²) in [5, 5.41) is 2.81. The van der Waals surface area contributed by atoms with Crippen molar-refractivity contribution in [3.8, 4) is 0 Å². The van der Waals surface area contributed by atoms with E-state index in [4.69, 9.17) is 0 Å². The maximum Gasteiger partial charge on any atom is 0.421 e. The number of carbonyl (C=O) groups is 1. The summed E-state index contributed by atoms with van der Waals surface area (Å²) >= 11 is 0. The number of carbonyl (C=O) groups excluding carboxylic acids is 1. The van der Waals surface area contributed by atoms with E-state index < -0.39 is 29.8 Å². The minimum absolute atomic E-state index is 0.00658. The van der Waals surface area contributed by atoms with E-state index in [1.54, 1.807) is 0 Å². The van der Waals surface area contributed by atoms with Gasteiger partial charge in [-0.25, -0.2) is 0 Å². The molecule has 0 saturated carbocycles. The second-order valence-corrected chi connectivity index (χ2v) is 6.04. The Hall–Kier alpha value is -1.83. The fourth-order valence-corrected chi connectivity index (χ4v) is 2.92. The van der Waals surface area contributed by atoms with E-state index in [-0.39, 0.29) is 6.04 Å². The molecule has 1 aliphatic heterocycles. The topological polar surface area (TPSA) is 54.3 Å². The molecule has 1 saturated heterocycles. The molecule has 1 aromatic rings. The van der Waals surface area contributed by atoms with Crippen molar-refractivity contribution < 1.29 is 18.0 Å². The van der Waals surface area contributed by atoms with Crippen LogP contribution in [0.5, 0.6) is 0 Å². The van der Waals surface area contributed by atoms with E-state index in [2.05, 4.69) is 17.1 Å². The van der Waals surface area contributed by atoms with Gasteiger partial charge in [-0.05, 0) is 37.9 Å². The Morgan fingerprint density at radius 3 is 2.58 bits per heavy atom. The number of hydrogen-bond donors (Lipinski definition) is 1. The highest BCUT2D eigenvalue weighted by molar-refractivity contribution is 5.76. The predicted molar refractivity (Wildman–Crippen MR) is 83.6 cm³/mol. The number of likely N-dealkylation sites (tertiary alicyclic amines) is 1. The third kappa shape index (κ3) is 4.83. The normalized spacial score (nSPS) is 17.0. The molecule has 0 atom stereocenters. The van der Waals surface area contributed by atoms with Gasteiger partial charge >= 0.3 is 6.18 Å². The summed E-state index contributed by atoms with van der Waals surface area (Å²) < 4.78 is 39.0. The molecule has 0 aliphatic carbocycles. The highest BCUT2D eigenvalue weighted by Crippen LogP contribution is 2.25. The first-order valence-corrected chi connectivity index (χ1v) is 8.09. The van der Waals surface area contributed by atoms with Crippen molar-refractivity contribution in [3.63, 3.8) is 0 Å². The summed E-state index contributed by atoms with van der Waals surface area (Å²) in [6.07, 6.45) is -0.828. The zero-order valence-corrected chi connectivity index (χ0v) is 13.6. The number of pyridine rings is 1. The van der Waals surface area contributed by atoms with Gasteiger partial charge in [-0.15, -0.1) is 0 Å². The second kappa shape index (κ2) is 7.83. The number of rotatable bonds is 5. The highest BCUT2D eigenvalue weighted by Gasteiger charge is 2.34. The first-order valence-electron chi connectivity index (χ1n) is 8.09. The van der Waals surface area contributed by atoms with Crippen LogP contribution in [-0.4, -0.2) is 41.1 Å². The Morgan fingerprint density at radius 2 is 2.00 bits per heavy atom. The molecule has 1 amide bonds. The van der Waals surface area contributed by atoms with Crippen LogP contribution in [0.15, 0.2) is 23.1 Å². The van der Waals surface area contributed by atoms with Crippen LogP contribution in [0.3, 0.4) is 0 Å². The molecule has 1 fully saturated rings. The summed E-state index contributed by atoms with van der Waals surface area (Å²) in [6, 6.07) is 1.85. The van der Waals surface area contributed by atoms with E-state index in [0.717, 1.165) is 55.6 Å². The molecule has 1 aromatic heterocycles. The number of alkyl halides is 3. The van der Waals surface area contributed by atoms with E-state index in [1.807, 2.05) is 0 Å². The predicted octanol–water partition coefficient (Wildman–Crippen LogP) is 1.86. The van der Waals surface area contributed by atoms with Crippen LogP contribution >= 0.6 is 0 Å². The molecule has 134 valence electrons. The van der Waals surface area contributed by atoms with Crippen LogP contribution in [0, 0.1) is 0 Å². The van der Waals surface area contributed by atoms with Gasteiger partial charge in [0.15, 0.2) is 0 Å². The van der Waals surface area contributed by atoms with Crippen molar-refractivity contribution in [2.75, 3.05) is 19.6 Å². The number of hydrogen-bond acceptors (Lipinski definition) is 3. The second-order valence-electron chi connectivity index (χ2n) is 6.04. The molecule has 5 nitrogen and oxygen atoms in total. The van der Waals surface area contributed by atoms with Crippen LogP contribution in [0.4, 0.5) is 13.2 Å². The average Bonchev–Trinajstić information content (AvgIpc) is 2.50. The molecule has 2 rings (SSSR count). The first-order chi connectivity index (χ1) is 11.3. The van der Waals surface area contributed by atoms with Crippen molar-refractivity contribution in [2.24, 2.45) is 0 Å². The van der Waals surface area contributed by atoms with Gasteiger partial charge in [0.1, 0.15) is 12.1 Å². The van der Waals surface area contributed by atoms with Crippen LogP contribution in [-0.2, 0) is 17.5 Å². The van der Waals surface area contributed by atoms with Gasteiger partial charge in [-0.2, -0.15) is 13.2 Å². The van der Waals surface area contributed by atoms with E-state index >= 15 is 0 Å². The Balaban J connectivity index is 1.93. The number of halogens is 3. The van der Waals surface area contributed by atoms with E-state index in [9.17, 15) is 22.8 Å². The third-order valence-corrected chi connectivity index (χ3v) is 4.13. The molecule has 0 aromatic carbocycles. The SMILES string of the molecule is CCCN1CCC(NC(=O)Cn2cccc(C(F)(F)F)c2=O)CC1. The Labute approximate surface area is 138 Å². The lowest BCUT2D eigenvalue weighted by Crippen LogP contribution is -2.46. The van der Waals surface area contributed by atoms with Crippen molar-refractivity contribution >= 4 is 5.91 Å². The molecule has 8 heteroatoms. The summed E-state index contributed by atoms with van der Waals surface area (Å²) in [5.41, 5.74) is -2.46. The molecule has 2 heterocycles. The van der Waals surface area contributed by atoms with Crippen LogP contribution < -0.4 is 10.9 Å². The fraction of sp³-hybridized carbons (Fsp3) is 0.625. The van der Waals surface area contributed by atoms with Gasteiger partial charge in [-0.3, -0.25) is 9.59 Å². The molecule has 1 N–H and O–H groups in total. The summed E-state index contributed by atoms with van der Waals surface area (Å²) in [4.78, 5) is 26.2. The van der Waals surface area contributed by atoms with E-state index in [0.29, 0.717) is 0 Å². The number of amides is 1. The van der Waals surface area contributed by atoms with Gasteiger partial charge in [0, 0.05) is 25.3 Å². The molecule has 0 bridgehead atoms. The van der Waals surface area contributed by atoms with Gasteiger partial charge < -0.3 is 14.8 Å². The third-order valence-electron chi connectivity index (χ3n) is 4.13. The Morgan fingerprint density at radius 1 is 1.33 bits per heavy atom. The van der Waals surface area contributed by atoms with Gasteiger partial charge in [0.25, 0.3) is 5.56 Å². The minimum atomic E-state index is -4.72. The fourth-order valence-electron chi connectivity index (χ4n) is 2.92. The number of aromatic nitrogens is 1. The molecular weight excluding hydrogens is 323 g/mol. The monoisotopic (exact) mass is 345 g/mol. The lowest BCUT2D eigenvalue weighted by Gasteiger charge is -2.32. The van der Waals surface area contributed by atoms with Crippen LogP contribution in [0.1, 0.15) is 31.7 Å². The average molecular weight is 345 g/mol. The maximum absolute atomic E-state index is 12.7. The first kappa shape index (κ1) is 18.5. The van der Waals surface area contributed by atoms with Gasteiger partial charge in [0.2, 0.25) is 5.91 Å². The summed E-state index contributed by atoms with van der Waals surface area (Å²) in [7, 11) is 0. The zero-order chi connectivity index (χ0) is 17.7. The largest absolute Gasteiger partial charge is 0.421 e. The minimum Gasteiger partial charge on any atom is -0.352 e. The van der Waals surface area contributed by atoms with Crippen molar-refractivity contribution in [1.29, 1.82) is 0 Å². The Bertz CT molecular complexity index is 620. The van der Waals surface area contributed by atoms with Gasteiger partial charge in [0.05, 0.1) is 0 Å². The highest BCUT2D eigenvalue weighted by atomic mass is 19.4. The summed E-state index contributed by atoms with van der Waals surface area (Å²) in [5.74, 6) is -0.439. The van der Waals surface area contributed by atoms with Crippen molar-refractivity contribution in [3.05, 3.63) is 34.2 Å². The number of nitrogens with zero attached hydrogens (tertiary/aromatic N) is 2. The lowest BCUT2D eigenvalue weighted by molar-refractivity contribution is -0.139.